The van der Waals surface area contributed by atoms with E-state index in [2.05, 4.69) is 20.9 Å². The number of benzene rings is 1. The van der Waals surface area contributed by atoms with Gasteiger partial charge in [0.1, 0.15) is 5.82 Å². The van der Waals surface area contributed by atoms with Crippen molar-refractivity contribution in [1.29, 1.82) is 0 Å². The zero-order valence-electron chi connectivity index (χ0n) is 11.0. The average Bonchev–Trinajstić information content (AvgIpc) is 2.47. The van der Waals surface area contributed by atoms with E-state index in [-0.39, 0.29) is 5.91 Å². The van der Waals surface area contributed by atoms with Crippen molar-refractivity contribution in [3.63, 3.8) is 0 Å². The maximum Gasteiger partial charge on any atom is 0.254 e. The maximum atomic E-state index is 13.2. The fourth-order valence-electron chi connectivity index (χ4n) is 1.80. The van der Waals surface area contributed by atoms with E-state index in [1.807, 2.05) is 18.2 Å². The number of carbonyl (C=O) groups excluding carboxylic acids is 1. The van der Waals surface area contributed by atoms with Crippen molar-refractivity contribution in [2.75, 3.05) is 13.6 Å². The van der Waals surface area contributed by atoms with Crippen LogP contribution < -0.4 is 0 Å². The number of hydrogen-bond acceptors (Lipinski definition) is 2. The van der Waals surface area contributed by atoms with Crippen LogP contribution >= 0.6 is 15.9 Å². The van der Waals surface area contributed by atoms with Crippen LogP contribution in [0.4, 0.5) is 4.39 Å². The van der Waals surface area contributed by atoms with Crippen LogP contribution in [0.1, 0.15) is 16.1 Å². The van der Waals surface area contributed by atoms with Gasteiger partial charge in [0, 0.05) is 36.4 Å². The summed E-state index contributed by atoms with van der Waals surface area (Å²) in [5.41, 5.74) is 1.25. The minimum atomic E-state index is -0.422. The smallest absolute Gasteiger partial charge is 0.254 e. The molecule has 1 heterocycles. The summed E-state index contributed by atoms with van der Waals surface area (Å²) in [5, 5.41) is 0. The summed E-state index contributed by atoms with van der Waals surface area (Å²) in [6.45, 7) is 0.527. The fraction of sp³-hybridized carbons (Fsp3) is 0.200. The van der Waals surface area contributed by atoms with Crippen molar-refractivity contribution < 1.29 is 9.18 Å². The monoisotopic (exact) mass is 336 g/mol. The molecule has 0 saturated heterocycles. The molecule has 20 heavy (non-hydrogen) atoms. The Balaban J connectivity index is 2.03. The van der Waals surface area contributed by atoms with Gasteiger partial charge in [-0.15, -0.1) is 0 Å². The molecular weight excluding hydrogens is 323 g/mol. The summed E-state index contributed by atoms with van der Waals surface area (Å²) in [4.78, 5) is 18.0. The van der Waals surface area contributed by atoms with Crippen LogP contribution in [0.15, 0.2) is 47.1 Å². The highest BCUT2D eigenvalue weighted by molar-refractivity contribution is 9.10. The van der Waals surface area contributed by atoms with Crippen molar-refractivity contribution in [3.05, 3.63) is 64.1 Å². The van der Waals surface area contributed by atoms with Crippen LogP contribution in [0.25, 0.3) is 0 Å². The van der Waals surface area contributed by atoms with E-state index in [9.17, 15) is 9.18 Å². The minimum Gasteiger partial charge on any atom is -0.341 e. The second kappa shape index (κ2) is 6.61. The molecule has 0 aliphatic carbocycles. The molecule has 0 N–H and O–H groups in total. The predicted octanol–water partition coefficient (Wildman–Crippen LogP) is 3.30. The number of nitrogens with zero attached hydrogens (tertiary/aromatic N) is 2. The third kappa shape index (κ3) is 3.63. The van der Waals surface area contributed by atoms with E-state index in [0.717, 1.165) is 5.69 Å². The molecule has 0 bridgehead atoms. The second-order valence-electron chi connectivity index (χ2n) is 4.42. The van der Waals surface area contributed by atoms with Crippen molar-refractivity contribution >= 4 is 21.8 Å². The highest BCUT2D eigenvalue weighted by atomic mass is 79.9. The Morgan fingerprint density at radius 3 is 2.85 bits per heavy atom. The summed E-state index contributed by atoms with van der Waals surface area (Å²) >= 11 is 3.27. The number of hydrogen-bond donors (Lipinski definition) is 0. The van der Waals surface area contributed by atoms with Gasteiger partial charge < -0.3 is 4.90 Å². The van der Waals surface area contributed by atoms with Crippen LogP contribution in [0.2, 0.25) is 0 Å². The molecule has 0 atom stereocenters. The Morgan fingerprint density at radius 2 is 2.15 bits per heavy atom. The van der Waals surface area contributed by atoms with Crippen LogP contribution in [0.5, 0.6) is 0 Å². The lowest BCUT2D eigenvalue weighted by molar-refractivity contribution is 0.0795. The lowest BCUT2D eigenvalue weighted by atomic mass is 10.2. The van der Waals surface area contributed by atoms with Gasteiger partial charge in [-0.1, -0.05) is 6.07 Å². The van der Waals surface area contributed by atoms with Crippen molar-refractivity contribution in [1.82, 2.24) is 9.88 Å². The predicted molar refractivity (Wildman–Crippen MR) is 79.0 cm³/mol. The largest absolute Gasteiger partial charge is 0.341 e. The van der Waals surface area contributed by atoms with Gasteiger partial charge in [0.15, 0.2) is 0 Å². The van der Waals surface area contributed by atoms with Crippen molar-refractivity contribution in [2.24, 2.45) is 0 Å². The normalized spacial score (nSPS) is 10.3. The van der Waals surface area contributed by atoms with Crippen LogP contribution in [0.3, 0.4) is 0 Å². The first-order valence-electron chi connectivity index (χ1n) is 6.18. The molecule has 0 fully saturated rings. The summed E-state index contributed by atoms with van der Waals surface area (Å²) in [6.07, 6.45) is 2.39. The molecule has 2 aromatic rings. The Morgan fingerprint density at radius 1 is 1.35 bits per heavy atom. The number of carbonyl (C=O) groups is 1. The first-order chi connectivity index (χ1) is 9.58. The molecule has 0 aliphatic heterocycles. The lowest BCUT2D eigenvalue weighted by Gasteiger charge is -2.17. The number of pyridine rings is 1. The summed E-state index contributed by atoms with van der Waals surface area (Å²) < 4.78 is 13.8. The van der Waals surface area contributed by atoms with E-state index < -0.39 is 5.82 Å². The van der Waals surface area contributed by atoms with Crippen molar-refractivity contribution in [3.8, 4) is 0 Å². The fourth-order valence-corrected chi connectivity index (χ4v) is 2.21. The van der Waals surface area contributed by atoms with E-state index >= 15 is 0 Å². The minimum absolute atomic E-state index is 0.215. The Hall–Kier alpha value is -1.75. The molecule has 0 aliphatic rings. The third-order valence-electron chi connectivity index (χ3n) is 2.94. The first kappa shape index (κ1) is 14.7. The molecule has 0 saturated carbocycles. The van der Waals surface area contributed by atoms with Crippen LogP contribution in [0, 0.1) is 5.82 Å². The lowest BCUT2D eigenvalue weighted by Crippen LogP contribution is -2.29. The highest BCUT2D eigenvalue weighted by Gasteiger charge is 2.15. The molecule has 104 valence electrons. The second-order valence-corrected chi connectivity index (χ2v) is 5.28. The molecule has 1 aromatic carbocycles. The standard InChI is InChI=1S/C15H14BrFN2O/c1-19(9-7-12-4-2-3-8-18-12)15(20)13-10-11(17)5-6-14(13)16/h2-6,8,10H,7,9H2,1H3. The van der Waals surface area contributed by atoms with E-state index in [0.29, 0.717) is 23.0 Å². The Kier molecular flexibility index (Phi) is 4.84. The summed E-state index contributed by atoms with van der Waals surface area (Å²) in [5.74, 6) is -0.637. The molecule has 1 aromatic heterocycles. The van der Waals surface area contributed by atoms with Gasteiger partial charge in [0.2, 0.25) is 0 Å². The molecule has 0 spiro atoms. The SMILES string of the molecule is CN(CCc1ccccn1)C(=O)c1cc(F)ccc1Br. The van der Waals surface area contributed by atoms with E-state index in [1.165, 1.54) is 18.2 Å². The zero-order valence-corrected chi connectivity index (χ0v) is 12.6. The molecule has 0 radical (unpaired) electrons. The van der Waals surface area contributed by atoms with E-state index in [4.69, 9.17) is 0 Å². The molecule has 0 unspecified atom stereocenters. The summed E-state index contributed by atoms with van der Waals surface area (Å²) in [6, 6.07) is 9.76. The van der Waals surface area contributed by atoms with Crippen LogP contribution in [-0.2, 0) is 6.42 Å². The van der Waals surface area contributed by atoms with Gasteiger partial charge in [-0.2, -0.15) is 0 Å². The number of amides is 1. The van der Waals surface area contributed by atoms with Gasteiger partial charge in [0.05, 0.1) is 5.56 Å². The molecule has 2 rings (SSSR count). The number of rotatable bonds is 4. The molecular formula is C15H14BrFN2O. The number of halogens is 2. The number of likely N-dealkylation sites (N-methyl/N-ethyl adjacent to an activating group) is 1. The van der Waals surface area contributed by atoms with E-state index in [1.54, 1.807) is 18.1 Å². The van der Waals surface area contributed by atoms with Gasteiger partial charge in [-0.25, -0.2) is 4.39 Å². The molecule has 3 nitrogen and oxygen atoms in total. The highest BCUT2D eigenvalue weighted by Crippen LogP contribution is 2.19. The van der Waals surface area contributed by atoms with Crippen molar-refractivity contribution in [2.45, 2.75) is 6.42 Å². The van der Waals surface area contributed by atoms with Crippen LogP contribution in [-0.4, -0.2) is 29.4 Å². The average molecular weight is 337 g/mol. The van der Waals surface area contributed by atoms with Gasteiger partial charge in [0.25, 0.3) is 5.91 Å². The molecule has 5 heteroatoms. The zero-order chi connectivity index (χ0) is 14.5. The topological polar surface area (TPSA) is 33.2 Å². The summed E-state index contributed by atoms with van der Waals surface area (Å²) in [7, 11) is 1.70. The van der Waals surface area contributed by atoms with Gasteiger partial charge in [-0.3, -0.25) is 9.78 Å². The third-order valence-corrected chi connectivity index (χ3v) is 3.63. The van der Waals surface area contributed by atoms with Gasteiger partial charge in [-0.05, 0) is 46.3 Å². The Bertz CT molecular complexity index is 604. The van der Waals surface area contributed by atoms with Gasteiger partial charge >= 0.3 is 0 Å². The maximum absolute atomic E-state index is 13.2. The molecule has 1 amide bonds. The number of aromatic nitrogens is 1. The Labute approximate surface area is 125 Å². The first-order valence-corrected chi connectivity index (χ1v) is 6.97. The quantitative estimate of drug-likeness (QED) is 0.858.